The molecule has 0 saturated heterocycles. The van der Waals surface area contributed by atoms with E-state index in [4.69, 9.17) is 0 Å². The molecule has 2 heterocycles. The lowest BCUT2D eigenvalue weighted by Gasteiger charge is -2.27. The number of para-hydroxylation sites is 5. The monoisotopic (exact) mass is 759 g/mol. The van der Waals surface area contributed by atoms with Crippen LogP contribution in [0.4, 0.5) is 34.1 Å². The number of rotatable bonds is 8. The number of fused-ring (bicyclic) bond motifs is 6. The smallest absolute Gasteiger partial charge is 0.0782 e. The van der Waals surface area contributed by atoms with Crippen LogP contribution < -0.4 is 9.80 Å². The first kappa shape index (κ1) is 33.9. The molecule has 274 valence electrons. The molecular weight excluding hydrogens is 723 g/mol. The largest absolute Gasteiger partial charge is 0.310 e. The summed E-state index contributed by atoms with van der Waals surface area (Å²) in [6, 6.07) is 81.0. The maximum atomic E-state index is 2.42. The Morgan fingerprint density at radius 1 is 0.328 bits per heavy atom. The third kappa shape index (κ3) is 5.82. The van der Waals surface area contributed by atoms with Gasteiger partial charge in [-0.1, -0.05) is 133 Å². The Bertz CT molecular complexity index is 3230. The van der Waals surface area contributed by atoms with E-state index >= 15 is 0 Å². The minimum absolute atomic E-state index is 1.11. The summed E-state index contributed by atoms with van der Waals surface area (Å²) in [5.41, 5.74) is 12.6. The van der Waals surface area contributed by atoms with E-state index in [2.05, 4.69) is 239 Å². The highest BCUT2D eigenvalue weighted by Crippen LogP contribution is 2.46. The van der Waals surface area contributed by atoms with Crippen molar-refractivity contribution in [1.82, 2.24) is 4.57 Å². The van der Waals surface area contributed by atoms with Crippen LogP contribution in [0.3, 0.4) is 0 Å². The summed E-state index contributed by atoms with van der Waals surface area (Å²) in [5.74, 6) is 0. The SMILES string of the molecule is c1ccc(-c2cccc(N(c3ccccc3)c3ccc4sc5cc(N(c6ccccc6)c6cccc7c8ccccc8n(-c8ccccc8)c67)ccc5c4c3)c2)cc1. The molecule has 11 rings (SSSR count). The van der Waals surface area contributed by atoms with Gasteiger partial charge in [-0.25, -0.2) is 0 Å². The van der Waals surface area contributed by atoms with E-state index in [0.717, 1.165) is 39.8 Å². The molecule has 0 amide bonds. The van der Waals surface area contributed by atoms with E-state index in [0.29, 0.717) is 0 Å². The van der Waals surface area contributed by atoms with Gasteiger partial charge in [0.15, 0.2) is 0 Å². The predicted molar refractivity (Wildman–Crippen MR) is 248 cm³/mol. The molecule has 0 atom stereocenters. The van der Waals surface area contributed by atoms with Gasteiger partial charge in [-0.3, -0.25) is 0 Å². The first-order valence-electron chi connectivity index (χ1n) is 19.7. The minimum atomic E-state index is 1.11. The summed E-state index contributed by atoms with van der Waals surface area (Å²) >= 11 is 1.85. The maximum absolute atomic E-state index is 2.42. The molecule has 2 aromatic heterocycles. The van der Waals surface area contributed by atoms with E-state index in [1.165, 1.54) is 53.1 Å². The van der Waals surface area contributed by atoms with Crippen molar-refractivity contribution in [2.45, 2.75) is 0 Å². The van der Waals surface area contributed by atoms with E-state index in [1.54, 1.807) is 0 Å². The first-order valence-corrected chi connectivity index (χ1v) is 20.5. The Morgan fingerprint density at radius 3 is 1.67 bits per heavy atom. The molecule has 0 N–H and O–H groups in total. The van der Waals surface area contributed by atoms with Crippen LogP contribution in [0.1, 0.15) is 0 Å². The van der Waals surface area contributed by atoms with Crippen LogP contribution >= 0.6 is 11.3 Å². The first-order chi connectivity index (χ1) is 28.8. The lowest BCUT2D eigenvalue weighted by atomic mass is 10.0. The zero-order valence-corrected chi connectivity index (χ0v) is 32.4. The molecule has 0 aliphatic heterocycles. The van der Waals surface area contributed by atoms with E-state index in [-0.39, 0.29) is 0 Å². The molecule has 0 saturated carbocycles. The fraction of sp³-hybridized carbons (Fsp3) is 0. The Labute approximate surface area is 341 Å². The molecule has 9 aromatic carbocycles. The Balaban J connectivity index is 1.08. The molecular formula is C54H37N3S. The van der Waals surface area contributed by atoms with Crippen LogP contribution in [0.25, 0.3) is 58.8 Å². The van der Waals surface area contributed by atoms with Gasteiger partial charge >= 0.3 is 0 Å². The van der Waals surface area contributed by atoms with Gasteiger partial charge < -0.3 is 14.4 Å². The molecule has 0 aliphatic carbocycles. The number of benzene rings is 9. The second kappa shape index (κ2) is 14.3. The summed E-state index contributed by atoms with van der Waals surface area (Å²) in [5, 5.41) is 4.97. The summed E-state index contributed by atoms with van der Waals surface area (Å²) in [6.45, 7) is 0. The lowest BCUT2D eigenvalue weighted by Crippen LogP contribution is -2.11. The van der Waals surface area contributed by atoms with Gasteiger partial charge in [0.05, 0.1) is 16.7 Å². The molecule has 0 fully saturated rings. The zero-order valence-electron chi connectivity index (χ0n) is 31.6. The number of anilines is 6. The van der Waals surface area contributed by atoms with Crippen LogP contribution in [0.5, 0.6) is 0 Å². The summed E-state index contributed by atoms with van der Waals surface area (Å²) in [7, 11) is 0. The summed E-state index contributed by atoms with van der Waals surface area (Å²) < 4.78 is 4.93. The normalized spacial score (nSPS) is 11.4. The van der Waals surface area contributed by atoms with Gasteiger partial charge in [0.1, 0.15) is 0 Å². The van der Waals surface area contributed by atoms with Crippen LogP contribution in [0.15, 0.2) is 224 Å². The lowest BCUT2D eigenvalue weighted by molar-refractivity contribution is 1.17. The number of hydrogen-bond donors (Lipinski definition) is 0. The summed E-state index contributed by atoms with van der Waals surface area (Å²) in [4.78, 5) is 4.79. The molecule has 58 heavy (non-hydrogen) atoms. The molecule has 11 aromatic rings. The van der Waals surface area contributed by atoms with E-state index in [9.17, 15) is 0 Å². The average Bonchev–Trinajstić information content (AvgIpc) is 3.84. The quantitative estimate of drug-likeness (QED) is 0.153. The van der Waals surface area contributed by atoms with Crippen molar-refractivity contribution in [3.05, 3.63) is 224 Å². The van der Waals surface area contributed by atoms with Crippen molar-refractivity contribution < 1.29 is 0 Å². The van der Waals surface area contributed by atoms with Crippen molar-refractivity contribution in [2.75, 3.05) is 9.80 Å². The molecule has 3 nitrogen and oxygen atoms in total. The fourth-order valence-corrected chi connectivity index (χ4v) is 9.66. The standard InChI is InChI=1S/C54H37N3S/c1-5-17-38(18-6-1)39-19-15-26-43(35-39)55(40-20-7-2-8-21-40)44-32-34-52-49(36-44)47-33-31-45(37-53(47)58-52)56(41-22-9-3-10-23-41)51-30-16-28-48-46-27-13-14-29-50(46)57(54(48)51)42-24-11-4-12-25-42/h1-37H. The highest BCUT2D eigenvalue weighted by Gasteiger charge is 2.22. The number of aromatic nitrogens is 1. The van der Waals surface area contributed by atoms with Gasteiger partial charge in [0.2, 0.25) is 0 Å². The Hall–Kier alpha value is -7.40. The number of thiophene rings is 1. The zero-order chi connectivity index (χ0) is 38.4. The minimum Gasteiger partial charge on any atom is -0.310 e. The van der Waals surface area contributed by atoms with Crippen molar-refractivity contribution >= 4 is 87.4 Å². The number of hydrogen-bond acceptors (Lipinski definition) is 3. The van der Waals surface area contributed by atoms with Crippen LogP contribution in [-0.4, -0.2) is 4.57 Å². The van der Waals surface area contributed by atoms with E-state index < -0.39 is 0 Å². The predicted octanol–water partition coefficient (Wildman–Crippen LogP) is 15.8. The van der Waals surface area contributed by atoms with Crippen molar-refractivity contribution in [3.63, 3.8) is 0 Å². The fourth-order valence-electron chi connectivity index (χ4n) is 8.54. The third-order valence-corrected chi connectivity index (χ3v) is 12.3. The van der Waals surface area contributed by atoms with Crippen LogP contribution in [0.2, 0.25) is 0 Å². The Morgan fingerprint density at radius 2 is 0.897 bits per heavy atom. The molecule has 0 aliphatic rings. The van der Waals surface area contributed by atoms with Crippen LogP contribution in [-0.2, 0) is 0 Å². The second-order valence-electron chi connectivity index (χ2n) is 14.6. The molecule has 4 heteroatoms. The third-order valence-electron chi connectivity index (χ3n) is 11.1. The van der Waals surface area contributed by atoms with Crippen molar-refractivity contribution in [2.24, 2.45) is 0 Å². The van der Waals surface area contributed by atoms with Gasteiger partial charge in [-0.05, 0) is 102 Å². The average molecular weight is 760 g/mol. The van der Waals surface area contributed by atoms with Gasteiger partial charge in [0, 0.05) is 65.1 Å². The van der Waals surface area contributed by atoms with Crippen LogP contribution in [0, 0.1) is 0 Å². The highest BCUT2D eigenvalue weighted by molar-refractivity contribution is 7.25. The second-order valence-corrected chi connectivity index (χ2v) is 15.7. The molecule has 0 radical (unpaired) electrons. The maximum Gasteiger partial charge on any atom is 0.0782 e. The van der Waals surface area contributed by atoms with Gasteiger partial charge in [-0.2, -0.15) is 0 Å². The molecule has 0 unspecified atom stereocenters. The Kier molecular flexibility index (Phi) is 8.34. The van der Waals surface area contributed by atoms with Gasteiger partial charge in [-0.15, -0.1) is 11.3 Å². The van der Waals surface area contributed by atoms with Gasteiger partial charge in [0.25, 0.3) is 0 Å². The summed E-state index contributed by atoms with van der Waals surface area (Å²) in [6.07, 6.45) is 0. The molecule has 0 spiro atoms. The van der Waals surface area contributed by atoms with E-state index in [1.807, 2.05) is 11.3 Å². The van der Waals surface area contributed by atoms with Crippen molar-refractivity contribution in [3.8, 4) is 16.8 Å². The topological polar surface area (TPSA) is 11.4 Å². The van der Waals surface area contributed by atoms with Crippen molar-refractivity contribution in [1.29, 1.82) is 0 Å². The highest BCUT2D eigenvalue weighted by atomic mass is 32.1. The number of nitrogens with zero attached hydrogens (tertiary/aromatic N) is 3. The molecule has 0 bridgehead atoms.